The largest absolute Gasteiger partial charge is 0.547 e. The fourth-order valence-electron chi connectivity index (χ4n) is 3.69. The van der Waals surface area contributed by atoms with Crippen LogP contribution in [0.1, 0.15) is 38.0 Å². The molecule has 4 rings (SSSR count). The first-order valence-corrected chi connectivity index (χ1v) is 11.1. The van der Waals surface area contributed by atoms with Crippen molar-refractivity contribution in [3.63, 3.8) is 0 Å². The summed E-state index contributed by atoms with van der Waals surface area (Å²) in [5, 5.41) is 35.1. The van der Waals surface area contributed by atoms with Crippen LogP contribution in [0.15, 0.2) is 35.7 Å². The number of phenolic OH excluding ortho intramolecular Hbond substituents is 1. The molecule has 0 aliphatic carbocycles. The zero-order chi connectivity index (χ0) is 26.1. The molecule has 2 amide bonds. The predicted molar refractivity (Wildman–Crippen MR) is 122 cm³/mol. The van der Waals surface area contributed by atoms with Crippen LogP contribution in [0.2, 0.25) is 0 Å². The molecule has 2 heterocycles. The first-order valence-electron chi connectivity index (χ1n) is 10.2. The Kier molecular flexibility index (Phi) is 6.76. The number of carboxylic acid groups (broad SMARTS) is 1. The Balaban J connectivity index is 1.64. The van der Waals surface area contributed by atoms with Crippen molar-refractivity contribution < 1.29 is 43.1 Å². The summed E-state index contributed by atoms with van der Waals surface area (Å²) in [5.74, 6) is -8.01. The molecule has 1 unspecified atom stereocenters. The number of aromatic carboxylic acids is 1. The van der Waals surface area contributed by atoms with Crippen LogP contribution in [0.25, 0.3) is 0 Å². The van der Waals surface area contributed by atoms with Gasteiger partial charge in [-0.05, 0) is 18.1 Å². The number of benzene rings is 2. The zero-order valence-electron chi connectivity index (χ0n) is 18.1. The second-order valence-corrected chi connectivity index (χ2v) is 8.62. The lowest BCUT2D eigenvalue weighted by Gasteiger charge is -2.30. The van der Waals surface area contributed by atoms with Crippen LogP contribution >= 0.6 is 11.3 Å². The number of aromatic nitrogens is 1. The average molecular weight is 518 g/mol. The maximum Gasteiger partial charge on any atom is 0.547 e. The lowest BCUT2D eigenvalue weighted by Crippen LogP contribution is -2.55. The number of anilines is 1. The first-order chi connectivity index (χ1) is 17.0. The molecule has 7 N–H and O–H groups in total. The third-order valence-electron chi connectivity index (χ3n) is 5.32. The standard InChI is InChI=1S/C21H17BF2N4O7S/c23-11-5-9(29)6-12(24)15(11)16(28-18(30)13-7-36-21(25)26-13)19(31)27-14-4-8-2-1-3-10(20(32)33)17(8)35-22(14)34/h1-3,5-7,14,16,29,34H,4H2,(H2,25,26)(H,27,31)(H,28,30)(H,32,33)/t14-,16?/m0/s1. The minimum atomic E-state index is -1.96. The van der Waals surface area contributed by atoms with E-state index in [1.165, 1.54) is 23.6 Å². The van der Waals surface area contributed by atoms with Crippen LogP contribution in [-0.4, -0.2) is 51.1 Å². The number of rotatable bonds is 6. The number of nitrogens with two attached hydrogens (primary N) is 1. The van der Waals surface area contributed by atoms with E-state index in [-0.39, 0.29) is 28.6 Å². The highest BCUT2D eigenvalue weighted by Crippen LogP contribution is 2.31. The fourth-order valence-corrected chi connectivity index (χ4v) is 4.24. The minimum Gasteiger partial charge on any atom is -0.534 e. The molecule has 1 aromatic heterocycles. The lowest BCUT2D eigenvalue weighted by atomic mass is 9.72. The minimum absolute atomic E-state index is 0.0463. The van der Waals surface area contributed by atoms with Crippen molar-refractivity contribution in [2.45, 2.75) is 18.4 Å². The number of fused-ring (bicyclic) bond motifs is 1. The SMILES string of the molecule is Nc1nc(C(=O)NC(C(=O)N[C@H]2Cc3cccc(C(=O)O)c3OB2O)c2c(F)cc(O)cc2F)cs1. The molecule has 1 aliphatic heterocycles. The molecule has 0 saturated heterocycles. The summed E-state index contributed by atoms with van der Waals surface area (Å²) in [7, 11) is -1.72. The molecule has 0 fully saturated rings. The molecule has 0 spiro atoms. The van der Waals surface area contributed by atoms with Crippen LogP contribution in [0.4, 0.5) is 13.9 Å². The Morgan fingerprint density at radius 1 is 1.25 bits per heavy atom. The molecule has 2 aromatic carbocycles. The van der Waals surface area contributed by atoms with Gasteiger partial charge in [0.1, 0.15) is 34.9 Å². The van der Waals surface area contributed by atoms with Crippen LogP contribution in [-0.2, 0) is 11.2 Å². The molecule has 11 nitrogen and oxygen atoms in total. The number of nitrogens with zero attached hydrogens (tertiary/aromatic N) is 1. The predicted octanol–water partition coefficient (Wildman–Crippen LogP) is 1.02. The number of amides is 2. The number of nitrogen functional groups attached to an aromatic ring is 1. The third kappa shape index (κ3) is 4.92. The van der Waals surface area contributed by atoms with Crippen molar-refractivity contribution in [1.82, 2.24) is 15.6 Å². The van der Waals surface area contributed by atoms with E-state index in [2.05, 4.69) is 15.6 Å². The maximum absolute atomic E-state index is 14.7. The number of phenols is 1. The topological polar surface area (TPSA) is 184 Å². The molecule has 15 heteroatoms. The van der Waals surface area contributed by atoms with Crippen molar-refractivity contribution in [3.05, 3.63) is 69.7 Å². The Bertz CT molecular complexity index is 1350. The summed E-state index contributed by atoms with van der Waals surface area (Å²) < 4.78 is 34.6. The van der Waals surface area contributed by atoms with Gasteiger partial charge in [-0.2, -0.15) is 0 Å². The highest BCUT2D eigenvalue weighted by atomic mass is 32.1. The van der Waals surface area contributed by atoms with Crippen LogP contribution in [0, 0.1) is 11.6 Å². The van der Waals surface area contributed by atoms with Gasteiger partial charge >= 0.3 is 13.1 Å². The zero-order valence-corrected chi connectivity index (χ0v) is 18.9. The highest BCUT2D eigenvalue weighted by Gasteiger charge is 2.40. The van der Waals surface area contributed by atoms with Crippen molar-refractivity contribution in [2.24, 2.45) is 0 Å². The molecular weight excluding hydrogens is 501 g/mol. The van der Waals surface area contributed by atoms with Gasteiger partial charge in [0.15, 0.2) is 5.13 Å². The normalized spacial score (nSPS) is 15.4. The van der Waals surface area contributed by atoms with Crippen LogP contribution in [0.3, 0.4) is 0 Å². The molecule has 2 atom stereocenters. The van der Waals surface area contributed by atoms with E-state index in [4.69, 9.17) is 10.4 Å². The van der Waals surface area contributed by atoms with Crippen molar-refractivity contribution in [2.75, 3.05) is 5.73 Å². The van der Waals surface area contributed by atoms with Gasteiger partial charge in [-0.15, -0.1) is 11.3 Å². The molecule has 0 radical (unpaired) electrons. The van der Waals surface area contributed by atoms with E-state index in [1.54, 1.807) is 0 Å². The van der Waals surface area contributed by atoms with Gasteiger partial charge in [0, 0.05) is 17.5 Å². The van der Waals surface area contributed by atoms with Crippen LogP contribution in [0.5, 0.6) is 11.5 Å². The summed E-state index contributed by atoms with van der Waals surface area (Å²) in [5.41, 5.74) is 4.59. The number of nitrogens with one attached hydrogen (secondary N) is 2. The number of carbonyl (C=O) groups is 3. The smallest absolute Gasteiger partial charge is 0.534 e. The van der Waals surface area contributed by atoms with Gasteiger partial charge in [0.2, 0.25) is 5.91 Å². The Morgan fingerprint density at radius 3 is 2.56 bits per heavy atom. The summed E-state index contributed by atoms with van der Waals surface area (Å²) in [4.78, 5) is 41.0. The first kappa shape index (κ1) is 24.9. The number of carbonyl (C=O) groups excluding carboxylic acids is 2. The van der Waals surface area contributed by atoms with E-state index < -0.39 is 59.8 Å². The summed E-state index contributed by atoms with van der Waals surface area (Å²) in [6, 6.07) is 3.42. The van der Waals surface area contributed by atoms with E-state index >= 15 is 0 Å². The number of aromatic hydroxyl groups is 1. The number of para-hydroxylation sites is 1. The van der Waals surface area contributed by atoms with Crippen molar-refractivity contribution in [3.8, 4) is 11.5 Å². The van der Waals surface area contributed by atoms with Gasteiger partial charge < -0.3 is 36.3 Å². The maximum atomic E-state index is 14.7. The lowest BCUT2D eigenvalue weighted by molar-refractivity contribution is -0.123. The van der Waals surface area contributed by atoms with E-state index in [1.807, 2.05) is 0 Å². The number of hydrogen-bond donors (Lipinski definition) is 6. The molecular formula is C21H17BF2N4O7S. The number of thiazole rings is 1. The summed E-state index contributed by atoms with van der Waals surface area (Å²) >= 11 is 0.930. The molecule has 0 saturated carbocycles. The Labute approximate surface area is 205 Å². The number of hydrogen-bond acceptors (Lipinski definition) is 9. The van der Waals surface area contributed by atoms with Gasteiger partial charge in [-0.3, -0.25) is 9.59 Å². The van der Waals surface area contributed by atoms with Gasteiger partial charge in [-0.25, -0.2) is 18.6 Å². The molecule has 1 aliphatic rings. The van der Waals surface area contributed by atoms with E-state index in [0.29, 0.717) is 17.7 Å². The van der Waals surface area contributed by atoms with Gasteiger partial charge in [0.05, 0.1) is 17.1 Å². The monoisotopic (exact) mass is 518 g/mol. The van der Waals surface area contributed by atoms with Crippen molar-refractivity contribution >= 4 is 41.4 Å². The summed E-state index contributed by atoms with van der Waals surface area (Å²) in [6.45, 7) is 0. The second kappa shape index (κ2) is 9.79. The van der Waals surface area contributed by atoms with Gasteiger partial charge in [0.25, 0.3) is 5.91 Å². The molecule has 36 heavy (non-hydrogen) atoms. The van der Waals surface area contributed by atoms with Crippen molar-refractivity contribution in [1.29, 1.82) is 0 Å². The van der Waals surface area contributed by atoms with E-state index in [9.17, 15) is 38.4 Å². The Morgan fingerprint density at radius 2 is 1.94 bits per heavy atom. The number of halogens is 2. The Hall–Kier alpha value is -4.24. The molecule has 0 bridgehead atoms. The third-order valence-corrected chi connectivity index (χ3v) is 6.00. The fraction of sp³-hybridized carbons (Fsp3) is 0.143. The van der Waals surface area contributed by atoms with E-state index in [0.717, 1.165) is 11.3 Å². The average Bonchev–Trinajstić information content (AvgIpc) is 3.24. The molecule has 186 valence electrons. The second-order valence-electron chi connectivity index (χ2n) is 7.73. The number of carboxylic acids is 1. The van der Waals surface area contributed by atoms with Crippen LogP contribution < -0.4 is 21.0 Å². The summed E-state index contributed by atoms with van der Waals surface area (Å²) in [6.07, 6.45) is -0.0901. The quantitative estimate of drug-likeness (QED) is 0.259. The van der Waals surface area contributed by atoms with Gasteiger partial charge in [-0.1, -0.05) is 12.1 Å². The molecule has 3 aromatic rings. The highest BCUT2D eigenvalue weighted by molar-refractivity contribution is 7.13.